The van der Waals surface area contributed by atoms with E-state index in [1.165, 1.54) is 6.42 Å². The molecule has 0 aromatic heterocycles. The first kappa shape index (κ1) is 23.7. The zero-order valence-electron chi connectivity index (χ0n) is 20.3. The molecule has 178 valence electrons. The third-order valence-corrected chi connectivity index (χ3v) is 10.6. The highest BCUT2D eigenvalue weighted by atomic mass is 16.4. The van der Waals surface area contributed by atoms with Crippen molar-refractivity contribution in [1.29, 1.82) is 0 Å². The quantitative estimate of drug-likeness (QED) is 0.497. The predicted octanol–water partition coefficient (Wildman–Crippen LogP) is 4.30. The molecule has 11 atom stereocenters. The van der Waals surface area contributed by atoms with E-state index in [0.29, 0.717) is 30.1 Å². The van der Waals surface area contributed by atoms with E-state index in [0.717, 1.165) is 32.1 Å². The summed E-state index contributed by atoms with van der Waals surface area (Å²) >= 11 is 0. The highest BCUT2D eigenvalue weighted by Crippen LogP contribution is 2.69. The number of aliphatic hydroxyl groups is 4. The molecule has 0 heterocycles. The van der Waals surface area contributed by atoms with Crippen molar-refractivity contribution < 1.29 is 20.4 Å². The minimum Gasteiger partial charge on any atom is -0.393 e. The standard InChI is InChI=1S/C27H46O4/c1-16(2)7-6-8-17(3)19-9-10-20-22-21(12-13-25(19,20)4)26(5)14-11-18(28)15-27(26,31)24(30)23(22)29/h6,8,16-24,28-31H,7,9-15H2,1-5H3/b8-6+/t17-,18+,19-,20+,21+,22+,23-,24-,25-,26-,27+/m1/s1. The third kappa shape index (κ3) is 3.47. The highest BCUT2D eigenvalue weighted by molar-refractivity contribution is 5.20. The molecular formula is C27H46O4. The van der Waals surface area contributed by atoms with Crippen molar-refractivity contribution in [2.45, 2.75) is 110 Å². The molecule has 0 bridgehead atoms. The van der Waals surface area contributed by atoms with Gasteiger partial charge >= 0.3 is 0 Å². The van der Waals surface area contributed by atoms with E-state index in [-0.39, 0.29) is 23.7 Å². The van der Waals surface area contributed by atoms with Crippen molar-refractivity contribution in [2.24, 2.45) is 46.3 Å². The number of hydrogen-bond acceptors (Lipinski definition) is 4. The molecule has 0 amide bonds. The number of aliphatic hydroxyl groups excluding tert-OH is 3. The van der Waals surface area contributed by atoms with Crippen LogP contribution in [0.2, 0.25) is 0 Å². The summed E-state index contributed by atoms with van der Waals surface area (Å²) in [5, 5.41) is 44.4. The van der Waals surface area contributed by atoms with Crippen molar-refractivity contribution in [2.75, 3.05) is 0 Å². The van der Waals surface area contributed by atoms with Crippen LogP contribution < -0.4 is 0 Å². The summed E-state index contributed by atoms with van der Waals surface area (Å²) in [7, 11) is 0. The van der Waals surface area contributed by atoms with Gasteiger partial charge in [-0.05, 0) is 85.9 Å². The molecule has 4 aliphatic rings. The molecule has 4 fully saturated rings. The van der Waals surface area contributed by atoms with Crippen molar-refractivity contribution in [1.82, 2.24) is 0 Å². The first-order valence-electron chi connectivity index (χ1n) is 12.9. The summed E-state index contributed by atoms with van der Waals surface area (Å²) in [5.74, 6) is 2.42. The van der Waals surface area contributed by atoms with Gasteiger partial charge in [-0.25, -0.2) is 0 Å². The molecule has 0 radical (unpaired) electrons. The topological polar surface area (TPSA) is 80.9 Å². The van der Waals surface area contributed by atoms with Gasteiger partial charge in [0.2, 0.25) is 0 Å². The fraction of sp³-hybridized carbons (Fsp3) is 0.926. The Morgan fingerprint density at radius 3 is 2.32 bits per heavy atom. The summed E-state index contributed by atoms with van der Waals surface area (Å²) in [6, 6.07) is 0. The Bertz CT molecular complexity index is 691. The van der Waals surface area contributed by atoms with E-state index in [4.69, 9.17) is 0 Å². The van der Waals surface area contributed by atoms with Gasteiger partial charge in [0.15, 0.2) is 0 Å². The van der Waals surface area contributed by atoms with Crippen LogP contribution in [0.15, 0.2) is 12.2 Å². The Hall–Kier alpha value is -0.420. The Balaban J connectivity index is 1.61. The SMILES string of the molecule is CC(C)C/C=C/[C@@H](C)[C@H]1CC[C@H]2[C@@H]3[C@@H](O)[C@@H](O)[C@@]4(O)C[C@@H](O)CC[C@]4(C)[C@H]3CC[C@]12C. The molecule has 4 saturated carbocycles. The van der Waals surface area contributed by atoms with Crippen LogP contribution in [0, 0.1) is 46.3 Å². The third-order valence-electron chi connectivity index (χ3n) is 10.6. The molecule has 31 heavy (non-hydrogen) atoms. The molecule has 0 saturated heterocycles. The average molecular weight is 435 g/mol. The predicted molar refractivity (Wildman–Crippen MR) is 123 cm³/mol. The summed E-state index contributed by atoms with van der Waals surface area (Å²) in [6.07, 6.45) is 9.17. The lowest BCUT2D eigenvalue weighted by molar-refractivity contribution is -0.297. The molecule has 4 heteroatoms. The van der Waals surface area contributed by atoms with Crippen LogP contribution >= 0.6 is 0 Å². The number of allylic oxidation sites excluding steroid dienone is 2. The molecule has 4 rings (SSSR count). The minimum atomic E-state index is -1.40. The van der Waals surface area contributed by atoms with E-state index in [1.54, 1.807) is 0 Å². The normalized spacial score (nSPS) is 53.3. The maximum absolute atomic E-state index is 11.6. The lowest BCUT2D eigenvalue weighted by Crippen LogP contribution is -2.73. The maximum atomic E-state index is 11.6. The molecule has 0 aliphatic heterocycles. The summed E-state index contributed by atoms with van der Waals surface area (Å²) in [6.45, 7) is 11.4. The Kier molecular flexibility index (Phi) is 6.21. The van der Waals surface area contributed by atoms with Crippen LogP contribution in [0.3, 0.4) is 0 Å². The first-order chi connectivity index (χ1) is 14.5. The van der Waals surface area contributed by atoms with Crippen molar-refractivity contribution in [3.8, 4) is 0 Å². The van der Waals surface area contributed by atoms with Crippen LogP contribution in [-0.2, 0) is 0 Å². The Morgan fingerprint density at radius 2 is 1.65 bits per heavy atom. The van der Waals surface area contributed by atoms with Gasteiger partial charge in [0.05, 0.1) is 12.2 Å². The fourth-order valence-electron chi connectivity index (χ4n) is 8.85. The molecule has 4 aliphatic carbocycles. The minimum absolute atomic E-state index is 0.0334. The van der Waals surface area contributed by atoms with Gasteiger partial charge in [-0.2, -0.15) is 0 Å². The van der Waals surface area contributed by atoms with Crippen molar-refractivity contribution >= 4 is 0 Å². The van der Waals surface area contributed by atoms with Crippen molar-refractivity contribution in [3.05, 3.63) is 12.2 Å². The summed E-state index contributed by atoms with van der Waals surface area (Å²) in [4.78, 5) is 0. The molecule has 0 aromatic carbocycles. The monoisotopic (exact) mass is 434 g/mol. The largest absolute Gasteiger partial charge is 0.393 e. The number of hydrogen-bond donors (Lipinski definition) is 4. The van der Waals surface area contributed by atoms with Gasteiger partial charge in [-0.15, -0.1) is 0 Å². The molecular weight excluding hydrogens is 388 g/mol. The smallest absolute Gasteiger partial charge is 0.109 e. The Morgan fingerprint density at radius 1 is 0.935 bits per heavy atom. The van der Waals surface area contributed by atoms with E-state index < -0.39 is 29.3 Å². The number of fused-ring (bicyclic) bond motifs is 5. The second-order valence-electron chi connectivity index (χ2n) is 12.6. The molecule has 0 aromatic rings. The molecule has 4 nitrogen and oxygen atoms in total. The van der Waals surface area contributed by atoms with Gasteiger partial charge in [0.1, 0.15) is 11.7 Å². The molecule has 0 spiro atoms. The zero-order chi connectivity index (χ0) is 22.8. The van der Waals surface area contributed by atoms with Crippen molar-refractivity contribution in [3.63, 3.8) is 0 Å². The van der Waals surface area contributed by atoms with E-state index >= 15 is 0 Å². The van der Waals surface area contributed by atoms with Crippen LogP contribution in [0.4, 0.5) is 0 Å². The second kappa shape index (κ2) is 8.11. The van der Waals surface area contributed by atoms with Gasteiger partial charge in [0.25, 0.3) is 0 Å². The van der Waals surface area contributed by atoms with Gasteiger partial charge in [0, 0.05) is 11.8 Å². The zero-order valence-corrected chi connectivity index (χ0v) is 20.3. The summed E-state index contributed by atoms with van der Waals surface area (Å²) < 4.78 is 0. The summed E-state index contributed by atoms with van der Waals surface area (Å²) in [5.41, 5.74) is -1.68. The van der Waals surface area contributed by atoms with E-state index in [2.05, 4.69) is 46.8 Å². The Labute approximate surface area is 189 Å². The lowest BCUT2D eigenvalue weighted by atomic mass is 9.41. The molecule has 4 N–H and O–H groups in total. The van der Waals surface area contributed by atoms with Crippen LogP contribution in [0.5, 0.6) is 0 Å². The van der Waals surface area contributed by atoms with Gasteiger partial charge in [-0.3, -0.25) is 0 Å². The van der Waals surface area contributed by atoms with E-state index in [9.17, 15) is 20.4 Å². The van der Waals surface area contributed by atoms with Gasteiger partial charge < -0.3 is 20.4 Å². The van der Waals surface area contributed by atoms with E-state index in [1.807, 2.05) is 0 Å². The molecule has 0 unspecified atom stereocenters. The maximum Gasteiger partial charge on any atom is 0.109 e. The van der Waals surface area contributed by atoms with Crippen LogP contribution in [-0.4, -0.2) is 44.3 Å². The van der Waals surface area contributed by atoms with Crippen LogP contribution in [0.25, 0.3) is 0 Å². The van der Waals surface area contributed by atoms with Gasteiger partial charge in [-0.1, -0.05) is 46.8 Å². The lowest BCUT2D eigenvalue weighted by Gasteiger charge is -2.66. The highest BCUT2D eigenvalue weighted by Gasteiger charge is 2.70. The fourth-order valence-corrected chi connectivity index (χ4v) is 8.85. The second-order valence-corrected chi connectivity index (χ2v) is 12.6. The average Bonchev–Trinajstić information content (AvgIpc) is 3.05. The number of rotatable bonds is 4. The van der Waals surface area contributed by atoms with Crippen LogP contribution in [0.1, 0.15) is 86.0 Å². The first-order valence-corrected chi connectivity index (χ1v) is 12.9.